The van der Waals surface area contributed by atoms with Crippen LogP contribution in [-0.2, 0) is 16.1 Å². The SMILES string of the molecule is CC(C)NCCN(CC(=O)C(C)C)C(=O)Cn1cnc2c(N)ncnc21. The Morgan fingerprint density at radius 1 is 1.23 bits per heavy atom. The van der Waals surface area contributed by atoms with E-state index in [1.807, 2.05) is 27.7 Å². The van der Waals surface area contributed by atoms with Crippen molar-refractivity contribution < 1.29 is 9.59 Å². The second kappa shape index (κ2) is 8.70. The second-order valence-corrected chi connectivity index (χ2v) is 6.85. The van der Waals surface area contributed by atoms with Gasteiger partial charge in [0.1, 0.15) is 18.4 Å². The number of nitrogens with zero attached hydrogens (tertiary/aromatic N) is 5. The van der Waals surface area contributed by atoms with Gasteiger partial charge < -0.3 is 20.5 Å². The molecule has 0 atom stereocenters. The van der Waals surface area contributed by atoms with E-state index in [9.17, 15) is 9.59 Å². The molecule has 1 amide bonds. The maximum atomic E-state index is 12.8. The van der Waals surface area contributed by atoms with Crippen LogP contribution in [0, 0.1) is 5.92 Å². The average Bonchev–Trinajstić information content (AvgIpc) is 2.97. The van der Waals surface area contributed by atoms with Gasteiger partial charge in [-0.3, -0.25) is 9.59 Å². The van der Waals surface area contributed by atoms with Crippen molar-refractivity contribution in [2.24, 2.45) is 5.92 Å². The lowest BCUT2D eigenvalue weighted by atomic mass is 10.1. The number of rotatable bonds is 9. The quantitative estimate of drug-likeness (QED) is 0.666. The molecule has 0 aliphatic rings. The Hall–Kier alpha value is -2.55. The van der Waals surface area contributed by atoms with Crippen LogP contribution >= 0.6 is 0 Å². The molecule has 2 aromatic heterocycles. The highest BCUT2D eigenvalue weighted by Crippen LogP contribution is 2.14. The summed E-state index contributed by atoms with van der Waals surface area (Å²) in [6.45, 7) is 8.95. The smallest absolute Gasteiger partial charge is 0.243 e. The third-order valence-corrected chi connectivity index (χ3v) is 4.01. The van der Waals surface area contributed by atoms with Gasteiger partial charge >= 0.3 is 0 Å². The van der Waals surface area contributed by atoms with Crippen molar-refractivity contribution in [3.05, 3.63) is 12.7 Å². The van der Waals surface area contributed by atoms with Gasteiger partial charge in [-0.25, -0.2) is 15.0 Å². The number of nitrogens with two attached hydrogens (primary N) is 1. The van der Waals surface area contributed by atoms with Gasteiger partial charge in [0, 0.05) is 25.0 Å². The molecule has 2 rings (SSSR count). The molecule has 26 heavy (non-hydrogen) atoms. The number of imidazole rings is 1. The minimum Gasteiger partial charge on any atom is -0.382 e. The van der Waals surface area contributed by atoms with Gasteiger partial charge in [-0.15, -0.1) is 0 Å². The lowest BCUT2D eigenvalue weighted by molar-refractivity contribution is -0.136. The van der Waals surface area contributed by atoms with Gasteiger partial charge in [-0.1, -0.05) is 27.7 Å². The molecule has 9 heteroatoms. The van der Waals surface area contributed by atoms with Crippen LogP contribution in [-0.4, -0.2) is 61.8 Å². The Morgan fingerprint density at radius 3 is 2.62 bits per heavy atom. The van der Waals surface area contributed by atoms with Crippen molar-refractivity contribution in [3.8, 4) is 0 Å². The molecule has 3 N–H and O–H groups in total. The van der Waals surface area contributed by atoms with Crippen LogP contribution in [0.4, 0.5) is 5.82 Å². The maximum Gasteiger partial charge on any atom is 0.243 e. The van der Waals surface area contributed by atoms with Crippen molar-refractivity contribution in [2.75, 3.05) is 25.4 Å². The number of ketones is 1. The van der Waals surface area contributed by atoms with Crippen LogP contribution in [0.3, 0.4) is 0 Å². The molecule has 0 aromatic carbocycles. The van der Waals surface area contributed by atoms with Gasteiger partial charge in [0.15, 0.2) is 17.2 Å². The fourth-order valence-electron chi connectivity index (χ4n) is 2.41. The first kappa shape index (κ1) is 19.8. The highest BCUT2D eigenvalue weighted by Gasteiger charge is 2.20. The van der Waals surface area contributed by atoms with Crippen molar-refractivity contribution in [1.82, 2.24) is 29.7 Å². The number of amides is 1. The van der Waals surface area contributed by atoms with Gasteiger partial charge in [0.25, 0.3) is 0 Å². The summed E-state index contributed by atoms with van der Waals surface area (Å²) in [4.78, 5) is 38.7. The maximum absolute atomic E-state index is 12.8. The lowest BCUT2D eigenvalue weighted by Gasteiger charge is -2.24. The van der Waals surface area contributed by atoms with Crippen LogP contribution in [0.5, 0.6) is 0 Å². The van der Waals surface area contributed by atoms with E-state index in [0.717, 1.165) is 0 Å². The number of fused-ring (bicyclic) bond motifs is 1. The zero-order chi connectivity index (χ0) is 19.3. The number of hydrogen-bond acceptors (Lipinski definition) is 7. The number of carbonyl (C=O) groups is 2. The molecular formula is C17H27N7O2. The van der Waals surface area contributed by atoms with Crippen LogP contribution in [0.15, 0.2) is 12.7 Å². The zero-order valence-electron chi connectivity index (χ0n) is 15.8. The molecule has 2 aromatic rings. The first-order valence-corrected chi connectivity index (χ1v) is 8.74. The van der Waals surface area contributed by atoms with Crippen LogP contribution in [0.2, 0.25) is 0 Å². The van der Waals surface area contributed by atoms with E-state index in [1.54, 1.807) is 9.47 Å². The number of Topliss-reactive ketones (excluding diaryl/α,β-unsaturated/α-hetero) is 1. The van der Waals surface area contributed by atoms with Gasteiger partial charge in [-0.05, 0) is 0 Å². The highest BCUT2D eigenvalue weighted by atomic mass is 16.2. The van der Waals surface area contributed by atoms with E-state index in [0.29, 0.717) is 30.3 Å². The Morgan fingerprint density at radius 2 is 1.96 bits per heavy atom. The monoisotopic (exact) mass is 361 g/mol. The third-order valence-electron chi connectivity index (χ3n) is 4.01. The number of aromatic nitrogens is 4. The molecule has 9 nitrogen and oxygen atoms in total. The second-order valence-electron chi connectivity index (χ2n) is 6.85. The standard InChI is InChI=1S/C17H27N7O2/c1-11(2)13(25)7-23(6-5-19-12(3)4)14(26)8-24-10-22-15-16(18)20-9-21-17(15)24/h9-12,19H,5-8H2,1-4H3,(H2,18,20,21). The molecule has 0 fully saturated rings. The summed E-state index contributed by atoms with van der Waals surface area (Å²) in [7, 11) is 0. The summed E-state index contributed by atoms with van der Waals surface area (Å²) >= 11 is 0. The number of hydrogen-bond donors (Lipinski definition) is 2. The average molecular weight is 361 g/mol. The number of nitrogen functional groups attached to an aromatic ring is 1. The largest absolute Gasteiger partial charge is 0.382 e. The van der Waals surface area contributed by atoms with Crippen molar-refractivity contribution in [2.45, 2.75) is 40.3 Å². The molecular weight excluding hydrogens is 334 g/mol. The predicted molar refractivity (Wildman–Crippen MR) is 99.3 cm³/mol. The topological polar surface area (TPSA) is 119 Å². The molecule has 0 unspecified atom stereocenters. The molecule has 0 saturated heterocycles. The molecule has 142 valence electrons. The molecule has 0 radical (unpaired) electrons. The van der Waals surface area contributed by atoms with E-state index >= 15 is 0 Å². The zero-order valence-corrected chi connectivity index (χ0v) is 15.8. The van der Waals surface area contributed by atoms with Crippen molar-refractivity contribution >= 4 is 28.7 Å². The Balaban J connectivity index is 2.13. The van der Waals surface area contributed by atoms with Crippen LogP contribution < -0.4 is 11.1 Å². The minimum atomic E-state index is -0.166. The van der Waals surface area contributed by atoms with Gasteiger partial charge in [0.2, 0.25) is 5.91 Å². The molecule has 0 aliphatic carbocycles. The summed E-state index contributed by atoms with van der Waals surface area (Å²) in [5.41, 5.74) is 6.74. The van der Waals surface area contributed by atoms with Crippen molar-refractivity contribution in [3.63, 3.8) is 0 Å². The van der Waals surface area contributed by atoms with E-state index in [1.165, 1.54) is 12.7 Å². The number of carbonyl (C=O) groups excluding carboxylic acids is 2. The molecule has 2 heterocycles. The first-order valence-electron chi connectivity index (χ1n) is 8.74. The number of nitrogens with one attached hydrogen (secondary N) is 1. The Labute approximate surface area is 153 Å². The fourth-order valence-corrected chi connectivity index (χ4v) is 2.41. The molecule has 0 aliphatic heterocycles. The lowest BCUT2D eigenvalue weighted by Crippen LogP contribution is -2.43. The molecule has 0 bridgehead atoms. The van der Waals surface area contributed by atoms with E-state index in [4.69, 9.17) is 5.73 Å². The van der Waals surface area contributed by atoms with Gasteiger partial charge in [0.05, 0.1) is 12.9 Å². The normalized spacial score (nSPS) is 11.5. The summed E-state index contributed by atoms with van der Waals surface area (Å²) in [5.74, 6) is 0.0186. The summed E-state index contributed by atoms with van der Waals surface area (Å²) in [5, 5.41) is 3.27. The summed E-state index contributed by atoms with van der Waals surface area (Å²) in [6, 6.07) is 0.310. The Bertz CT molecular complexity index is 770. The summed E-state index contributed by atoms with van der Waals surface area (Å²) in [6.07, 6.45) is 2.86. The van der Waals surface area contributed by atoms with E-state index < -0.39 is 0 Å². The van der Waals surface area contributed by atoms with Crippen LogP contribution in [0.25, 0.3) is 11.2 Å². The Kier molecular flexibility index (Phi) is 6.62. The summed E-state index contributed by atoms with van der Waals surface area (Å²) < 4.78 is 1.62. The van der Waals surface area contributed by atoms with Crippen molar-refractivity contribution in [1.29, 1.82) is 0 Å². The molecule has 0 spiro atoms. The highest BCUT2D eigenvalue weighted by molar-refractivity contribution is 5.88. The first-order chi connectivity index (χ1) is 12.3. The molecule has 0 saturated carbocycles. The van der Waals surface area contributed by atoms with E-state index in [2.05, 4.69) is 20.3 Å². The minimum absolute atomic E-state index is 0.0324. The van der Waals surface area contributed by atoms with Crippen LogP contribution in [0.1, 0.15) is 27.7 Å². The van der Waals surface area contributed by atoms with Gasteiger partial charge in [-0.2, -0.15) is 0 Å². The van der Waals surface area contributed by atoms with E-state index in [-0.39, 0.29) is 36.5 Å². The number of anilines is 1. The third kappa shape index (κ3) is 4.98. The fraction of sp³-hybridized carbons (Fsp3) is 0.588. The predicted octanol–water partition coefficient (Wildman–Crippen LogP) is 0.460.